The summed E-state index contributed by atoms with van der Waals surface area (Å²) in [6.07, 6.45) is 12.5. The molecule has 0 N–H and O–H groups in total. The summed E-state index contributed by atoms with van der Waals surface area (Å²) in [6, 6.07) is 0. The largest absolute Gasteiger partial charge is 0.299 e. The maximum absolute atomic E-state index is 11.3. The van der Waals surface area contributed by atoms with Gasteiger partial charge in [0, 0.05) is 12.3 Å². The molecule has 0 radical (unpaired) electrons. The van der Waals surface area contributed by atoms with Gasteiger partial charge in [-0.2, -0.15) is 0 Å². The van der Waals surface area contributed by atoms with Crippen molar-refractivity contribution in [2.75, 3.05) is 0 Å². The van der Waals surface area contributed by atoms with Crippen molar-refractivity contribution in [3.8, 4) is 0 Å². The number of hydrogen-bond donors (Lipinski definition) is 0. The van der Waals surface area contributed by atoms with Gasteiger partial charge in [-0.3, -0.25) is 4.79 Å². The third-order valence-electron chi connectivity index (χ3n) is 2.86. The molecular formula is C13H22O. The van der Waals surface area contributed by atoms with Crippen LogP contribution in [-0.4, -0.2) is 5.78 Å². The van der Waals surface area contributed by atoms with E-state index in [4.69, 9.17) is 0 Å². The monoisotopic (exact) mass is 194 g/mol. The molecule has 0 saturated heterocycles. The maximum Gasteiger partial charge on any atom is 0.135 e. The molecule has 80 valence electrons. The topological polar surface area (TPSA) is 17.1 Å². The van der Waals surface area contributed by atoms with Gasteiger partial charge in [0.2, 0.25) is 0 Å². The molecule has 1 nitrogen and oxygen atoms in total. The molecule has 0 aromatic carbocycles. The Morgan fingerprint density at radius 3 is 2.43 bits per heavy atom. The molecule has 0 unspecified atom stereocenters. The van der Waals surface area contributed by atoms with E-state index >= 15 is 0 Å². The Kier molecular flexibility index (Phi) is 5.58. The van der Waals surface area contributed by atoms with Crippen LogP contribution in [0.1, 0.15) is 57.8 Å². The molecule has 0 heterocycles. The summed E-state index contributed by atoms with van der Waals surface area (Å²) < 4.78 is 0. The molecule has 14 heavy (non-hydrogen) atoms. The summed E-state index contributed by atoms with van der Waals surface area (Å²) in [4.78, 5) is 11.3. The molecule has 1 aliphatic carbocycles. The fourth-order valence-corrected chi connectivity index (χ4v) is 1.73. The van der Waals surface area contributed by atoms with Crippen LogP contribution in [0.25, 0.3) is 0 Å². The minimum atomic E-state index is 0.468. The van der Waals surface area contributed by atoms with Crippen LogP contribution in [0.5, 0.6) is 0 Å². The van der Waals surface area contributed by atoms with Crippen LogP contribution in [-0.2, 0) is 4.79 Å². The van der Waals surface area contributed by atoms with E-state index in [1.54, 1.807) is 0 Å². The molecule has 1 heteroatoms. The van der Waals surface area contributed by atoms with Crippen molar-refractivity contribution in [1.82, 2.24) is 0 Å². The Bertz CT molecular complexity index is 180. The number of rotatable bonds is 9. The molecule has 0 aromatic rings. The summed E-state index contributed by atoms with van der Waals surface area (Å²) in [6.45, 7) is 3.70. The summed E-state index contributed by atoms with van der Waals surface area (Å²) in [7, 11) is 0. The zero-order chi connectivity index (χ0) is 10.2. The lowest BCUT2D eigenvalue weighted by Gasteiger charge is -1.99. The van der Waals surface area contributed by atoms with Gasteiger partial charge < -0.3 is 0 Å². The van der Waals surface area contributed by atoms with Gasteiger partial charge in [-0.1, -0.05) is 25.3 Å². The van der Waals surface area contributed by atoms with Crippen molar-refractivity contribution in [3.05, 3.63) is 12.7 Å². The normalized spacial score (nSPS) is 15.4. The Morgan fingerprint density at radius 2 is 1.79 bits per heavy atom. The van der Waals surface area contributed by atoms with E-state index in [9.17, 15) is 4.79 Å². The quantitative estimate of drug-likeness (QED) is 0.402. The second kappa shape index (κ2) is 6.80. The van der Waals surface area contributed by atoms with Gasteiger partial charge in [-0.05, 0) is 32.1 Å². The number of carbonyl (C=O) groups excluding carboxylic acids is 1. The van der Waals surface area contributed by atoms with Gasteiger partial charge in [0.25, 0.3) is 0 Å². The fraction of sp³-hybridized carbons (Fsp3) is 0.769. The summed E-state index contributed by atoms with van der Waals surface area (Å²) >= 11 is 0. The number of carbonyl (C=O) groups is 1. The lowest BCUT2D eigenvalue weighted by Crippen LogP contribution is -1.99. The predicted octanol–water partition coefficient (Wildman–Crippen LogP) is 3.88. The smallest absolute Gasteiger partial charge is 0.135 e. The Labute approximate surface area is 87.6 Å². The lowest BCUT2D eigenvalue weighted by atomic mass is 10.1. The summed E-state index contributed by atoms with van der Waals surface area (Å²) in [5, 5.41) is 0. The van der Waals surface area contributed by atoms with Gasteiger partial charge in [0.05, 0.1) is 0 Å². The van der Waals surface area contributed by atoms with Gasteiger partial charge in [0.1, 0.15) is 5.78 Å². The molecule has 0 aliphatic heterocycles. The molecule has 1 fully saturated rings. The number of unbranched alkanes of at least 4 members (excludes halogenated alkanes) is 5. The highest BCUT2D eigenvalue weighted by atomic mass is 16.1. The van der Waals surface area contributed by atoms with Crippen LogP contribution >= 0.6 is 0 Å². The van der Waals surface area contributed by atoms with Crippen molar-refractivity contribution in [3.63, 3.8) is 0 Å². The zero-order valence-corrected chi connectivity index (χ0v) is 9.13. The molecule has 0 bridgehead atoms. The number of ketones is 1. The molecule has 0 atom stereocenters. The van der Waals surface area contributed by atoms with E-state index in [0.717, 1.165) is 32.1 Å². The number of Topliss-reactive ketones (excluding diaryl/α,β-unsaturated/α-hetero) is 1. The third kappa shape index (κ3) is 5.21. The van der Waals surface area contributed by atoms with Crippen molar-refractivity contribution in [2.24, 2.45) is 5.92 Å². The van der Waals surface area contributed by atoms with E-state index in [1.165, 1.54) is 25.7 Å². The average molecular weight is 194 g/mol. The third-order valence-corrected chi connectivity index (χ3v) is 2.86. The second-order valence-electron chi connectivity index (χ2n) is 4.34. The first-order valence-electron chi connectivity index (χ1n) is 5.98. The number of allylic oxidation sites excluding steroid dienone is 1. The zero-order valence-electron chi connectivity index (χ0n) is 9.13. The van der Waals surface area contributed by atoms with Gasteiger partial charge >= 0.3 is 0 Å². The highest BCUT2D eigenvalue weighted by Crippen LogP contribution is 2.31. The Morgan fingerprint density at radius 1 is 1.14 bits per heavy atom. The molecule has 1 rings (SSSR count). The minimum absolute atomic E-state index is 0.468. The van der Waals surface area contributed by atoms with E-state index in [1.807, 2.05) is 6.08 Å². The lowest BCUT2D eigenvalue weighted by molar-refractivity contribution is -0.120. The van der Waals surface area contributed by atoms with Crippen LogP contribution < -0.4 is 0 Å². The van der Waals surface area contributed by atoms with Crippen molar-refractivity contribution in [2.45, 2.75) is 57.8 Å². The van der Waals surface area contributed by atoms with E-state index in [-0.39, 0.29) is 0 Å². The molecule has 1 saturated carbocycles. The maximum atomic E-state index is 11.3. The molecular weight excluding hydrogens is 172 g/mol. The van der Waals surface area contributed by atoms with Gasteiger partial charge in [0.15, 0.2) is 0 Å². The van der Waals surface area contributed by atoms with Crippen LogP contribution in [0.15, 0.2) is 12.7 Å². The second-order valence-corrected chi connectivity index (χ2v) is 4.34. The van der Waals surface area contributed by atoms with Crippen LogP contribution in [0.3, 0.4) is 0 Å². The first-order chi connectivity index (χ1) is 6.84. The molecule has 0 amide bonds. The first-order valence-corrected chi connectivity index (χ1v) is 5.98. The highest BCUT2D eigenvalue weighted by Gasteiger charge is 2.28. The molecule has 0 spiro atoms. The first kappa shape index (κ1) is 11.5. The highest BCUT2D eigenvalue weighted by molar-refractivity contribution is 5.82. The minimum Gasteiger partial charge on any atom is -0.299 e. The van der Waals surface area contributed by atoms with Crippen molar-refractivity contribution < 1.29 is 4.79 Å². The number of hydrogen-bond acceptors (Lipinski definition) is 1. The summed E-state index contributed by atoms with van der Waals surface area (Å²) in [5.74, 6) is 0.992. The standard InChI is InChI=1S/C13H22O/c1-2-3-4-5-6-7-8-9-13(14)12-10-11-12/h2,12H,1,3-11H2. The van der Waals surface area contributed by atoms with Gasteiger partial charge in [-0.15, -0.1) is 6.58 Å². The summed E-state index contributed by atoms with van der Waals surface area (Å²) in [5.41, 5.74) is 0. The molecule has 1 aliphatic rings. The van der Waals surface area contributed by atoms with E-state index < -0.39 is 0 Å². The average Bonchev–Trinajstić information content (AvgIpc) is 2.99. The van der Waals surface area contributed by atoms with Crippen LogP contribution in [0, 0.1) is 5.92 Å². The fourth-order valence-electron chi connectivity index (χ4n) is 1.73. The SMILES string of the molecule is C=CCCCCCCCC(=O)C1CC1. The predicted molar refractivity (Wildman–Crippen MR) is 60.2 cm³/mol. The van der Waals surface area contributed by atoms with Gasteiger partial charge in [-0.25, -0.2) is 0 Å². The van der Waals surface area contributed by atoms with Crippen LogP contribution in [0.2, 0.25) is 0 Å². The van der Waals surface area contributed by atoms with E-state index in [0.29, 0.717) is 11.7 Å². The molecule has 0 aromatic heterocycles. The Hall–Kier alpha value is -0.590. The Balaban J connectivity index is 1.79. The van der Waals surface area contributed by atoms with Crippen LogP contribution in [0.4, 0.5) is 0 Å². The van der Waals surface area contributed by atoms with E-state index in [2.05, 4.69) is 6.58 Å². The van der Waals surface area contributed by atoms with Crippen molar-refractivity contribution in [1.29, 1.82) is 0 Å². The van der Waals surface area contributed by atoms with Crippen molar-refractivity contribution >= 4 is 5.78 Å².